The highest BCUT2D eigenvalue weighted by molar-refractivity contribution is 7.99. The van der Waals surface area contributed by atoms with Crippen LogP contribution >= 0.6 is 23.4 Å². The van der Waals surface area contributed by atoms with Crippen molar-refractivity contribution < 1.29 is 4.39 Å². The summed E-state index contributed by atoms with van der Waals surface area (Å²) < 4.78 is 12.7. The van der Waals surface area contributed by atoms with E-state index in [4.69, 9.17) is 11.6 Å². The van der Waals surface area contributed by atoms with Crippen LogP contribution in [0.2, 0.25) is 5.02 Å². The van der Waals surface area contributed by atoms with Crippen molar-refractivity contribution in [3.05, 3.63) is 59.4 Å². The van der Waals surface area contributed by atoms with E-state index in [1.54, 1.807) is 23.9 Å². The first-order valence-electron chi connectivity index (χ1n) is 5.62. The number of hydrogen-bond acceptors (Lipinski definition) is 2. The van der Waals surface area contributed by atoms with Crippen molar-refractivity contribution in [3.63, 3.8) is 0 Å². The summed E-state index contributed by atoms with van der Waals surface area (Å²) in [4.78, 5) is 1.08. The molecule has 0 fully saturated rings. The van der Waals surface area contributed by atoms with Gasteiger partial charge in [-0.05, 0) is 48.5 Å². The molecular weight excluding hydrogens is 269 g/mol. The Kier molecular flexibility index (Phi) is 4.90. The Hall–Kier alpha value is -1.19. The van der Waals surface area contributed by atoms with Crippen molar-refractivity contribution in [2.45, 2.75) is 4.90 Å². The van der Waals surface area contributed by atoms with E-state index >= 15 is 0 Å². The maximum absolute atomic E-state index is 12.7. The summed E-state index contributed by atoms with van der Waals surface area (Å²) in [5, 5.41) is 4.04. The molecule has 0 aliphatic carbocycles. The van der Waals surface area contributed by atoms with E-state index in [2.05, 4.69) is 5.32 Å². The molecule has 1 nitrogen and oxygen atoms in total. The van der Waals surface area contributed by atoms with Crippen LogP contribution in [0, 0.1) is 5.82 Å². The molecular formula is C14H13ClFNS. The Morgan fingerprint density at radius 1 is 1.00 bits per heavy atom. The molecule has 0 aromatic heterocycles. The van der Waals surface area contributed by atoms with Crippen LogP contribution in [0.4, 0.5) is 10.1 Å². The standard InChI is InChI=1S/C14H13ClFNS/c15-11-1-5-13(6-2-11)17-9-10-18-14-7-3-12(16)4-8-14/h1-8,17H,9-10H2. The lowest BCUT2D eigenvalue weighted by Crippen LogP contribution is -2.03. The fraction of sp³-hybridized carbons (Fsp3) is 0.143. The normalized spacial score (nSPS) is 10.3. The van der Waals surface area contributed by atoms with Crippen LogP contribution in [-0.4, -0.2) is 12.3 Å². The number of benzene rings is 2. The van der Waals surface area contributed by atoms with Crippen LogP contribution in [0.3, 0.4) is 0 Å². The van der Waals surface area contributed by atoms with Gasteiger partial charge >= 0.3 is 0 Å². The van der Waals surface area contributed by atoms with Crippen LogP contribution in [-0.2, 0) is 0 Å². The lowest BCUT2D eigenvalue weighted by Gasteiger charge is -2.06. The molecule has 0 aliphatic rings. The molecule has 0 saturated heterocycles. The number of hydrogen-bond donors (Lipinski definition) is 1. The van der Waals surface area contributed by atoms with Crippen molar-refractivity contribution >= 4 is 29.1 Å². The highest BCUT2D eigenvalue weighted by Gasteiger charge is 1.96. The Labute approximate surface area is 115 Å². The molecule has 0 spiro atoms. The quantitative estimate of drug-likeness (QED) is 0.631. The first kappa shape index (κ1) is 13.2. The van der Waals surface area contributed by atoms with E-state index in [1.165, 1.54) is 12.1 Å². The molecule has 0 amide bonds. The largest absolute Gasteiger partial charge is 0.384 e. The zero-order chi connectivity index (χ0) is 12.8. The van der Waals surface area contributed by atoms with Gasteiger partial charge in [0.05, 0.1) is 0 Å². The zero-order valence-corrected chi connectivity index (χ0v) is 11.3. The average molecular weight is 282 g/mol. The van der Waals surface area contributed by atoms with Crippen molar-refractivity contribution in [2.24, 2.45) is 0 Å². The van der Waals surface area contributed by atoms with Gasteiger partial charge in [0, 0.05) is 27.9 Å². The van der Waals surface area contributed by atoms with Crippen LogP contribution in [0.5, 0.6) is 0 Å². The Morgan fingerprint density at radius 2 is 1.67 bits per heavy atom. The van der Waals surface area contributed by atoms with Gasteiger partial charge < -0.3 is 5.32 Å². The number of rotatable bonds is 5. The van der Waals surface area contributed by atoms with Crippen LogP contribution in [0.1, 0.15) is 0 Å². The summed E-state index contributed by atoms with van der Waals surface area (Å²) in [5.74, 6) is 0.729. The van der Waals surface area contributed by atoms with Crippen LogP contribution in [0.15, 0.2) is 53.4 Å². The maximum Gasteiger partial charge on any atom is 0.123 e. The summed E-state index contributed by atoms with van der Waals surface area (Å²) in [7, 11) is 0. The molecule has 18 heavy (non-hydrogen) atoms. The third kappa shape index (κ3) is 4.24. The van der Waals surface area contributed by atoms with Gasteiger partial charge in [-0.2, -0.15) is 0 Å². The van der Waals surface area contributed by atoms with Crippen molar-refractivity contribution in [3.8, 4) is 0 Å². The maximum atomic E-state index is 12.7. The molecule has 0 atom stereocenters. The van der Waals surface area contributed by atoms with Gasteiger partial charge in [-0.15, -0.1) is 11.8 Å². The summed E-state index contributed by atoms with van der Waals surface area (Å²) in [6.45, 7) is 0.851. The van der Waals surface area contributed by atoms with Gasteiger partial charge in [0.1, 0.15) is 5.82 Å². The first-order chi connectivity index (χ1) is 8.74. The Balaban J connectivity index is 1.73. The molecule has 2 rings (SSSR count). The molecule has 1 N–H and O–H groups in total. The van der Waals surface area contributed by atoms with Crippen LogP contribution in [0.25, 0.3) is 0 Å². The monoisotopic (exact) mass is 281 g/mol. The smallest absolute Gasteiger partial charge is 0.123 e. The molecule has 0 radical (unpaired) electrons. The van der Waals surface area contributed by atoms with E-state index in [1.807, 2.05) is 24.3 Å². The second kappa shape index (κ2) is 6.66. The highest BCUT2D eigenvalue weighted by Crippen LogP contribution is 2.18. The number of nitrogens with one attached hydrogen (secondary N) is 1. The molecule has 2 aromatic rings. The lowest BCUT2D eigenvalue weighted by atomic mass is 10.3. The minimum atomic E-state index is -0.196. The fourth-order valence-electron chi connectivity index (χ4n) is 1.46. The van der Waals surface area contributed by atoms with E-state index < -0.39 is 0 Å². The minimum Gasteiger partial charge on any atom is -0.384 e. The predicted octanol–water partition coefficient (Wildman–Crippen LogP) is 4.68. The second-order valence-corrected chi connectivity index (χ2v) is 5.34. The Bertz CT molecular complexity index is 437. The number of thioether (sulfide) groups is 1. The molecule has 0 bridgehead atoms. The van der Waals surface area contributed by atoms with Gasteiger partial charge in [0.15, 0.2) is 0 Å². The molecule has 0 saturated carbocycles. The summed E-state index contributed by atoms with van der Waals surface area (Å²) in [6.07, 6.45) is 0. The van der Waals surface area contributed by atoms with Gasteiger partial charge in [0.25, 0.3) is 0 Å². The summed E-state index contributed by atoms with van der Waals surface area (Å²) in [5.41, 5.74) is 1.05. The van der Waals surface area contributed by atoms with Crippen molar-refractivity contribution in [1.29, 1.82) is 0 Å². The molecule has 2 aromatic carbocycles. The zero-order valence-electron chi connectivity index (χ0n) is 9.70. The molecule has 0 unspecified atom stereocenters. The highest BCUT2D eigenvalue weighted by atomic mass is 35.5. The van der Waals surface area contributed by atoms with Crippen molar-refractivity contribution in [2.75, 3.05) is 17.6 Å². The van der Waals surface area contributed by atoms with Gasteiger partial charge in [-0.25, -0.2) is 4.39 Å². The van der Waals surface area contributed by atoms with E-state index in [-0.39, 0.29) is 5.82 Å². The topological polar surface area (TPSA) is 12.0 Å². The fourth-order valence-corrected chi connectivity index (χ4v) is 2.36. The van der Waals surface area contributed by atoms with Gasteiger partial charge in [-0.3, -0.25) is 0 Å². The van der Waals surface area contributed by atoms with Crippen LogP contribution < -0.4 is 5.32 Å². The number of anilines is 1. The SMILES string of the molecule is Fc1ccc(SCCNc2ccc(Cl)cc2)cc1. The third-order valence-corrected chi connectivity index (χ3v) is 3.62. The van der Waals surface area contributed by atoms with E-state index in [0.29, 0.717) is 0 Å². The molecule has 4 heteroatoms. The van der Waals surface area contributed by atoms with E-state index in [9.17, 15) is 4.39 Å². The predicted molar refractivity (Wildman–Crippen MR) is 77.1 cm³/mol. The molecule has 0 heterocycles. The third-order valence-electron chi connectivity index (χ3n) is 2.36. The summed E-state index contributed by atoms with van der Waals surface area (Å²) >= 11 is 7.50. The molecule has 0 aliphatic heterocycles. The minimum absolute atomic E-state index is 0.196. The lowest BCUT2D eigenvalue weighted by molar-refractivity contribution is 0.626. The molecule has 94 valence electrons. The van der Waals surface area contributed by atoms with Gasteiger partial charge in [0.2, 0.25) is 0 Å². The van der Waals surface area contributed by atoms with Crippen molar-refractivity contribution in [1.82, 2.24) is 0 Å². The average Bonchev–Trinajstić information content (AvgIpc) is 2.39. The number of halogens is 2. The Morgan fingerprint density at radius 3 is 2.33 bits per heavy atom. The first-order valence-corrected chi connectivity index (χ1v) is 6.98. The summed E-state index contributed by atoms with van der Waals surface area (Å²) in [6, 6.07) is 14.2. The second-order valence-electron chi connectivity index (χ2n) is 3.74. The van der Waals surface area contributed by atoms with E-state index in [0.717, 1.165) is 27.9 Å². The van der Waals surface area contributed by atoms with Gasteiger partial charge in [-0.1, -0.05) is 11.6 Å².